The predicted octanol–water partition coefficient (Wildman–Crippen LogP) is 9.01. The average molecular weight is 640 g/mol. The Morgan fingerprint density at radius 3 is 1.36 bits per heavy atom. The molecule has 0 saturated carbocycles. The van der Waals surface area contributed by atoms with Gasteiger partial charge in [0.05, 0.1) is 38.3 Å². The van der Waals surface area contributed by atoms with Crippen LogP contribution in [0.5, 0.6) is 0 Å². The molecule has 7 rings (SSSR count). The molecule has 0 fully saturated rings. The molecule has 0 amide bonds. The molecule has 5 aromatic rings. The smallest absolute Gasteiger partial charge is 0.144 e. The number of nitrogens with one attached hydrogen (secondary N) is 2. The number of carbonyl (C=O) groups excluding carboxylic acids is 2. The summed E-state index contributed by atoms with van der Waals surface area (Å²) in [5.74, 6) is -1.50. The Bertz CT molecular complexity index is 2040. The largest absolute Gasteiger partial charge is 0.354 e. The minimum Gasteiger partial charge on any atom is -0.354 e. The number of halogens is 1. The fraction of sp³-hybridized carbons (Fsp3) is 0.0811. The number of fused-ring (bicyclic) bond motifs is 8. The van der Waals surface area contributed by atoms with Gasteiger partial charge in [0, 0.05) is 27.7 Å². The Balaban J connectivity index is 1.69. The maximum Gasteiger partial charge on any atom is 0.144 e. The van der Waals surface area contributed by atoms with E-state index in [0.717, 1.165) is 60.2 Å². The molecule has 0 radical (unpaired) electrons. The normalized spacial score (nSPS) is 12.2. The fourth-order valence-electron chi connectivity index (χ4n) is 6.00. The number of H-pyrrole nitrogens is 2. The van der Waals surface area contributed by atoms with E-state index in [9.17, 15) is 9.59 Å². The van der Waals surface area contributed by atoms with Crippen LogP contribution in [0.2, 0.25) is 0 Å². The van der Waals surface area contributed by atoms with Crippen LogP contribution in [0.1, 0.15) is 48.1 Å². The molecule has 2 aliphatic rings. The third-order valence-electron chi connectivity index (χ3n) is 7.95. The van der Waals surface area contributed by atoms with E-state index in [-0.39, 0.29) is 11.6 Å². The van der Waals surface area contributed by atoms with Gasteiger partial charge in [-0.1, -0.05) is 60.7 Å². The van der Waals surface area contributed by atoms with Crippen LogP contribution in [0.3, 0.4) is 0 Å². The van der Waals surface area contributed by atoms with E-state index in [2.05, 4.69) is 25.9 Å². The Labute approximate surface area is 262 Å². The highest BCUT2D eigenvalue weighted by molar-refractivity contribution is 9.10. The molecule has 3 aromatic heterocycles. The number of rotatable bonds is 5. The van der Waals surface area contributed by atoms with E-state index in [4.69, 9.17) is 9.97 Å². The van der Waals surface area contributed by atoms with Gasteiger partial charge < -0.3 is 9.97 Å². The molecule has 0 spiro atoms. The summed E-state index contributed by atoms with van der Waals surface area (Å²) in [7, 11) is 0. The zero-order valence-corrected chi connectivity index (χ0v) is 25.6. The highest BCUT2D eigenvalue weighted by Crippen LogP contribution is 2.36. The maximum atomic E-state index is 13.0. The molecule has 0 unspecified atom stereocenters. The number of ketones is 2. The van der Waals surface area contributed by atoms with Crippen molar-refractivity contribution in [2.24, 2.45) is 0 Å². The van der Waals surface area contributed by atoms with E-state index in [1.54, 1.807) is 0 Å². The van der Waals surface area contributed by atoms with Gasteiger partial charge in [0.25, 0.3) is 0 Å². The van der Waals surface area contributed by atoms with Crippen molar-refractivity contribution in [2.75, 3.05) is 0 Å². The Kier molecular flexibility index (Phi) is 7.03. The summed E-state index contributed by atoms with van der Waals surface area (Å²) in [4.78, 5) is 43.4. The van der Waals surface area contributed by atoms with E-state index < -0.39 is 5.92 Å². The molecular formula is C37H27BrN4O2. The van der Waals surface area contributed by atoms with Crippen LogP contribution in [0.15, 0.2) is 89.4 Å². The highest BCUT2D eigenvalue weighted by atomic mass is 79.9. The van der Waals surface area contributed by atoms with Crippen LogP contribution >= 0.6 is 15.9 Å². The molecule has 7 heteroatoms. The number of hydrogen-bond acceptors (Lipinski definition) is 4. The van der Waals surface area contributed by atoms with Crippen LogP contribution in [0, 0.1) is 0 Å². The lowest BCUT2D eigenvalue weighted by molar-refractivity contribution is -0.126. The number of nitrogens with zero attached hydrogens (tertiary/aromatic N) is 2. The second-order valence-corrected chi connectivity index (χ2v) is 11.7. The summed E-state index contributed by atoms with van der Waals surface area (Å²) >= 11 is 3.84. The van der Waals surface area contributed by atoms with Gasteiger partial charge in [-0.25, -0.2) is 9.97 Å². The third kappa shape index (κ3) is 4.85. The molecule has 2 aromatic carbocycles. The van der Waals surface area contributed by atoms with E-state index in [1.165, 1.54) is 13.8 Å². The Morgan fingerprint density at radius 2 is 0.955 bits per heavy atom. The van der Waals surface area contributed by atoms with Crippen LogP contribution < -0.4 is 0 Å². The average Bonchev–Trinajstić information content (AvgIpc) is 3.85. The van der Waals surface area contributed by atoms with Crippen molar-refractivity contribution < 1.29 is 9.59 Å². The second kappa shape index (κ2) is 11.2. The summed E-state index contributed by atoms with van der Waals surface area (Å²) in [6.45, 7) is 2.90. The molecule has 0 saturated heterocycles. The molecule has 2 N–H and O–H groups in total. The van der Waals surface area contributed by atoms with Crippen LogP contribution in [-0.4, -0.2) is 31.5 Å². The number of aromatic nitrogens is 4. The Morgan fingerprint density at radius 1 is 0.568 bits per heavy atom. The van der Waals surface area contributed by atoms with Gasteiger partial charge in [-0.3, -0.25) is 9.59 Å². The number of aromatic amines is 2. The first kappa shape index (κ1) is 27.7. The van der Waals surface area contributed by atoms with Gasteiger partial charge in [-0.2, -0.15) is 0 Å². The van der Waals surface area contributed by atoms with Crippen LogP contribution in [0.4, 0.5) is 0 Å². The van der Waals surface area contributed by atoms with Gasteiger partial charge in [0.1, 0.15) is 17.5 Å². The van der Waals surface area contributed by atoms with E-state index >= 15 is 0 Å². The summed E-state index contributed by atoms with van der Waals surface area (Å²) in [6.07, 6.45) is 7.64. The number of carbonyl (C=O) groups is 2. The van der Waals surface area contributed by atoms with Gasteiger partial charge in [0.15, 0.2) is 0 Å². The minimum atomic E-state index is -1.00. The van der Waals surface area contributed by atoms with Crippen LogP contribution in [-0.2, 0) is 9.59 Å². The van der Waals surface area contributed by atoms with E-state index in [1.807, 2.05) is 109 Å². The molecule has 0 aliphatic carbocycles. The SMILES string of the molecule is CC(=O)C(C(C)=O)c1c2nc(c(-c3ccccc3)c3ccc([nH]3)c(Br)c3ccc([nH]3)c(-c3ccccc3)c3nc1C=C3)C=C2. The van der Waals surface area contributed by atoms with Crippen molar-refractivity contribution in [3.8, 4) is 22.3 Å². The van der Waals surface area contributed by atoms with Crippen molar-refractivity contribution in [3.05, 3.63) is 118 Å². The second-order valence-electron chi connectivity index (χ2n) is 10.9. The monoisotopic (exact) mass is 638 g/mol. The van der Waals surface area contributed by atoms with Gasteiger partial charge >= 0.3 is 0 Å². The molecule has 2 aliphatic heterocycles. The van der Waals surface area contributed by atoms with Crippen molar-refractivity contribution in [1.82, 2.24) is 19.9 Å². The minimum absolute atomic E-state index is 0.251. The molecular weight excluding hydrogens is 612 g/mol. The standard InChI is InChI=1S/C37H27BrN4O2/c1-21(43)33(22(2)44)36-29-15-13-25(39-29)34(23-9-5-3-6-10-23)27-17-19-31(41-27)37(38)32-20-18-28(42-32)35(24-11-7-4-8-12-24)26-14-16-30(36)40-26/h3-20,33,41-42H,1-2H3. The van der Waals surface area contributed by atoms with E-state index in [0.29, 0.717) is 17.0 Å². The number of hydrogen-bond donors (Lipinski definition) is 2. The van der Waals surface area contributed by atoms with Gasteiger partial charge in [0.2, 0.25) is 0 Å². The van der Waals surface area contributed by atoms with Gasteiger partial charge in [-0.05, 0) is 89.5 Å². The zero-order chi connectivity index (χ0) is 30.4. The fourth-order valence-corrected chi connectivity index (χ4v) is 6.46. The van der Waals surface area contributed by atoms with Gasteiger partial charge in [-0.15, -0.1) is 0 Å². The van der Waals surface area contributed by atoms with Crippen molar-refractivity contribution in [1.29, 1.82) is 0 Å². The lowest BCUT2D eigenvalue weighted by Gasteiger charge is -2.13. The molecule has 214 valence electrons. The van der Waals surface area contributed by atoms with Crippen LogP contribution in [0.25, 0.3) is 68.6 Å². The summed E-state index contributed by atoms with van der Waals surface area (Å²) in [5, 5.41) is 0. The quantitative estimate of drug-likeness (QED) is 0.184. The van der Waals surface area contributed by atoms with Crippen molar-refractivity contribution in [2.45, 2.75) is 19.8 Å². The molecule has 5 heterocycles. The van der Waals surface area contributed by atoms with Crippen molar-refractivity contribution >= 4 is 73.9 Å². The zero-order valence-electron chi connectivity index (χ0n) is 24.1. The summed E-state index contributed by atoms with van der Waals surface area (Å²) in [5.41, 5.74) is 10.4. The molecule has 6 nitrogen and oxygen atoms in total. The predicted molar refractivity (Wildman–Crippen MR) is 182 cm³/mol. The first-order valence-corrected chi connectivity index (χ1v) is 15.1. The number of Topliss-reactive ketones (excluding diaryl/α,β-unsaturated/α-hetero) is 2. The summed E-state index contributed by atoms with van der Waals surface area (Å²) in [6, 6.07) is 28.3. The maximum absolute atomic E-state index is 13.0. The lowest BCUT2D eigenvalue weighted by Crippen LogP contribution is -2.19. The number of benzene rings is 2. The first-order chi connectivity index (χ1) is 21.4. The molecule has 0 atom stereocenters. The first-order valence-electron chi connectivity index (χ1n) is 14.3. The van der Waals surface area contributed by atoms with Crippen molar-refractivity contribution in [3.63, 3.8) is 0 Å². The topological polar surface area (TPSA) is 91.5 Å². The lowest BCUT2D eigenvalue weighted by atomic mass is 9.89. The molecule has 8 bridgehead atoms. The Hall–Kier alpha value is -5.14. The highest BCUT2D eigenvalue weighted by Gasteiger charge is 2.29. The third-order valence-corrected chi connectivity index (χ3v) is 8.81. The summed E-state index contributed by atoms with van der Waals surface area (Å²) < 4.78 is 0.885. The molecule has 44 heavy (non-hydrogen) atoms.